The summed E-state index contributed by atoms with van der Waals surface area (Å²) < 4.78 is 16.4. The van der Waals surface area contributed by atoms with E-state index in [1.54, 1.807) is 19.1 Å². The van der Waals surface area contributed by atoms with Gasteiger partial charge in [0.15, 0.2) is 0 Å². The number of hydrogen-bond donors (Lipinski definition) is 4. The predicted molar refractivity (Wildman–Crippen MR) is 93.2 cm³/mol. The van der Waals surface area contributed by atoms with Crippen molar-refractivity contribution in [2.75, 3.05) is 6.61 Å². The van der Waals surface area contributed by atoms with Crippen LogP contribution in [0.1, 0.15) is 12.5 Å². The summed E-state index contributed by atoms with van der Waals surface area (Å²) >= 11 is 0. The van der Waals surface area contributed by atoms with Crippen molar-refractivity contribution < 1.29 is 34.0 Å². The summed E-state index contributed by atoms with van der Waals surface area (Å²) in [7, 11) is 0. The summed E-state index contributed by atoms with van der Waals surface area (Å²) in [5, 5.41) is 32.9. The monoisotopic (exact) mass is 379 g/mol. The highest BCUT2D eigenvalue weighted by atomic mass is 16.7. The molecular formula is C18H21NO8. The number of nitrogens with one attached hydrogen (secondary N) is 1. The zero-order valence-electron chi connectivity index (χ0n) is 14.8. The molecule has 5 atom stereocenters. The second-order valence-corrected chi connectivity index (χ2v) is 6.46. The maximum Gasteiger partial charge on any atom is 0.336 e. The second-order valence-electron chi connectivity index (χ2n) is 6.46. The van der Waals surface area contributed by atoms with Crippen molar-refractivity contribution in [3.8, 4) is 5.75 Å². The van der Waals surface area contributed by atoms with Crippen molar-refractivity contribution in [1.82, 2.24) is 5.32 Å². The maximum atomic E-state index is 11.6. The van der Waals surface area contributed by atoms with Gasteiger partial charge >= 0.3 is 5.63 Å². The van der Waals surface area contributed by atoms with Gasteiger partial charge < -0.3 is 34.5 Å². The molecule has 1 aromatic heterocycles. The SMILES string of the molecule is CC(=O)N[C@H]1[C@H](Oc2ccc3c(C)cc(=O)oc3c2)OC(CO)[C@@H](O)[C@H]1O. The van der Waals surface area contributed by atoms with Gasteiger partial charge in [0.2, 0.25) is 12.2 Å². The molecule has 0 bridgehead atoms. The molecule has 9 nitrogen and oxygen atoms in total. The summed E-state index contributed by atoms with van der Waals surface area (Å²) in [4.78, 5) is 23.0. The van der Waals surface area contributed by atoms with Gasteiger partial charge in [0.1, 0.15) is 35.7 Å². The minimum absolute atomic E-state index is 0.261. The van der Waals surface area contributed by atoms with Crippen molar-refractivity contribution in [2.24, 2.45) is 0 Å². The summed E-state index contributed by atoms with van der Waals surface area (Å²) in [5.74, 6) is -0.192. The van der Waals surface area contributed by atoms with Crippen LogP contribution in [0.2, 0.25) is 0 Å². The van der Waals surface area contributed by atoms with Crippen LogP contribution in [0, 0.1) is 6.92 Å². The van der Waals surface area contributed by atoms with E-state index in [0.717, 1.165) is 10.9 Å². The van der Waals surface area contributed by atoms with E-state index in [9.17, 15) is 24.9 Å². The molecule has 146 valence electrons. The Morgan fingerprint density at radius 1 is 1.26 bits per heavy atom. The molecule has 2 heterocycles. The third kappa shape index (κ3) is 3.96. The maximum absolute atomic E-state index is 11.6. The van der Waals surface area contributed by atoms with E-state index in [1.165, 1.54) is 19.1 Å². The molecule has 0 radical (unpaired) electrons. The molecule has 0 saturated carbocycles. The van der Waals surface area contributed by atoms with Crippen molar-refractivity contribution in [1.29, 1.82) is 0 Å². The molecule has 4 N–H and O–H groups in total. The zero-order chi connectivity index (χ0) is 19.7. The van der Waals surface area contributed by atoms with E-state index in [4.69, 9.17) is 13.9 Å². The summed E-state index contributed by atoms with van der Waals surface area (Å²) in [6.45, 7) is 2.48. The number of carbonyl (C=O) groups excluding carboxylic acids is 1. The molecule has 0 spiro atoms. The average molecular weight is 379 g/mol. The molecule has 1 fully saturated rings. The molecule has 27 heavy (non-hydrogen) atoms. The Labute approximate surface area is 154 Å². The number of aryl methyl sites for hydroxylation is 1. The number of aliphatic hydroxyl groups is 3. The van der Waals surface area contributed by atoms with Crippen LogP contribution in [-0.4, -0.2) is 58.5 Å². The Hall–Kier alpha value is -2.46. The van der Waals surface area contributed by atoms with E-state index in [-0.39, 0.29) is 5.75 Å². The molecule has 3 rings (SSSR count). The highest BCUT2D eigenvalue weighted by molar-refractivity contribution is 5.81. The van der Waals surface area contributed by atoms with E-state index in [1.807, 2.05) is 0 Å². The number of hydrogen-bond acceptors (Lipinski definition) is 8. The Bertz CT molecular complexity index is 895. The van der Waals surface area contributed by atoms with E-state index in [2.05, 4.69) is 5.32 Å². The van der Waals surface area contributed by atoms with Gasteiger partial charge in [-0.1, -0.05) is 0 Å². The molecule has 1 aliphatic heterocycles. The molecule has 2 aromatic rings. The topological polar surface area (TPSA) is 138 Å². The third-order valence-corrected chi connectivity index (χ3v) is 4.43. The lowest BCUT2D eigenvalue weighted by Crippen LogP contribution is -2.65. The number of ether oxygens (including phenoxy) is 2. The number of carbonyl (C=O) groups is 1. The van der Waals surface area contributed by atoms with Crippen molar-refractivity contribution in [3.05, 3.63) is 40.2 Å². The summed E-state index contributed by atoms with van der Waals surface area (Å²) in [5.41, 5.74) is 0.557. The fourth-order valence-corrected chi connectivity index (χ4v) is 3.08. The quantitative estimate of drug-likeness (QED) is 0.518. The number of amides is 1. The minimum atomic E-state index is -1.41. The number of benzene rings is 1. The van der Waals surface area contributed by atoms with Crippen LogP contribution in [0.5, 0.6) is 5.75 Å². The van der Waals surface area contributed by atoms with Crippen LogP contribution < -0.4 is 15.7 Å². The van der Waals surface area contributed by atoms with E-state index in [0.29, 0.717) is 5.58 Å². The molecule has 1 aromatic carbocycles. The van der Waals surface area contributed by atoms with Gasteiger partial charge in [-0.25, -0.2) is 4.79 Å². The van der Waals surface area contributed by atoms with Crippen LogP contribution in [0.3, 0.4) is 0 Å². The average Bonchev–Trinajstić information content (AvgIpc) is 2.60. The summed E-state index contributed by atoms with van der Waals surface area (Å²) in [6, 6.07) is 5.12. The number of aliphatic hydroxyl groups excluding tert-OH is 3. The van der Waals surface area contributed by atoms with Gasteiger partial charge in [-0.3, -0.25) is 4.79 Å². The van der Waals surface area contributed by atoms with E-state index >= 15 is 0 Å². The highest BCUT2D eigenvalue weighted by Crippen LogP contribution is 2.27. The molecule has 9 heteroatoms. The van der Waals surface area contributed by atoms with Gasteiger partial charge in [-0.05, 0) is 24.6 Å². The molecule has 1 amide bonds. The molecular weight excluding hydrogens is 358 g/mol. The first-order valence-corrected chi connectivity index (χ1v) is 8.41. The van der Waals surface area contributed by atoms with Gasteiger partial charge in [-0.2, -0.15) is 0 Å². The standard InChI is InChI=1S/C18H21NO8/c1-8-5-14(22)26-12-6-10(3-4-11(8)12)25-18-15(19-9(2)21)17(24)16(23)13(7-20)27-18/h3-6,13,15-18,20,23-24H,7H2,1-2H3,(H,19,21)/t13?,15-,16-,17+,18-/m1/s1. The fraction of sp³-hybridized carbons (Fsp3) is 0.444. The van der Waals surface area contributed by atoms with Gasteiger partial charge in [-0.15, -0.1) is 0 Å². The molecule has 1 unspecified atom stereocenters. The van der Waals surface area contributed by atoms with Gasteiger partial charge in [0.25, 0.3) is 0 Å². The van der Waals surface area contributed by atoms with Crippen LogP contribution >= 0.6 is 0 Å². The molecule has 1 saturated heterocycles. The Morgan fingerprint density at radius 3 is 2.67 bits per heavy atom. The highest BCUT2D eigenvalue weighted by Gasteiger charge is 2.46. The zero-order valence-corrected chi connectivity index (χ0v) is 14.8. The first-order valence-electron chi connectivity index (χ1n) is 8.41. The Kier molecular flexibility index (Phi) is 5.47. The van der Waals surface area contributed by atoms with Crippen LogP contribution in [-0.2, 0) is 9.53 Å². The Balaban J connectivity index is 1.91. The van der Waals surface area contributed by atoms with Crippen molar-refractivity contribution in [3.63, 3.8) is 0 Å². The fourth-order valence-electron chi connectivity index (χ4n) is 3.08. The Morgan fingerprint density at radius 2 is 2.00 bits per heavy atom. The minimum Gasteiger partial charge on any atom is -0.462 e. The number of fused-ring (bicyclic) bond motifs is 1. The van der Waals surface area contributed by atoms with Crippen LogP contribution in [0.15, 0.2) is 33.5 Å². The first kappa shape index (κ1) is 19.3. The molecule has 1 aliphatic rings. The number of rotatable bonds is 4. The second kappa shape index (κ2) is 7.65. The van der Waals surface area contributed by atoms with E-state index < -0.39 is 48.8 Å². The summed E-state index contributed by atoms with van der Waals surface area (Å²) in [6.07, 6.45) is -5.08. The lowest BCUT2D eigenvalue weighted by Gasteiger charge is -2.42. The normalized spacial score (nSPS) is 28.1. The third-order valence-electron chi connectivity index (χ3n) is 4.43. The van der Waals surface area contributed by atoms with Crippen LogP contribution in [0.25, 0.3) is 11.0 Å². The predicted octanol–water partition coefficient (Wildman–Crippen LogP) is -0.576. The van der Waals surface area contributed by atoms with Gasteiger partial charge in [0, 0.05) is 24.4 Å². The van der Waals surface area contributed by atoms with Gasteiger partial charge in [0.05, 0.1) is 6.61 Å². The lowest BCUT2D eigenvalue weighted by atomic mass is 9.97. The smallest absolute Gasteiger partial charge is 0.336 e. The van der Waals surface area contributed by atoms with Crippen LogP contribution in [0.4, 0.5) is 0 Å². The largest absolute Gasteiger partial charge is 0.462 e. The lowest BCUT2D eigenvalue weighted by molar-refractivity contribution is -0.244. The first-order chi connectivity index (χ1) is 12.8. The molecule has 0 aliphatic carbocycles. The van der Waals surface area contributed by atoms with Crippen molar-refractivity contribution in [2.45, 2.75) is 44.5 Å². The van der Waals surface area contributed by atoms with Crippen molar-refractivity contribution >= 4 is 16.9 Å².